The lowest BCUT2D eigenvalue weighted by Gasteiger charge is -2.15. The van der Waals surface area contributed by atoms with E-state index in [2.05, 4.69) is 22.4 Å². The molecule has 0 spiro atoms. The number of nitrogens with zero attached hydrogens (tertiary/aromatic N) is 1. The molecule has 1 unspecified atom stereocenters. The van der Waals surface area contributed by atoms with Gasteiger partial charge in [0.25, 0.3) is 5.91 Å². The molecule has 1 aromatic heterocycles. The van der Waals surface area contributed by atoms with Crippen molar-refractivity contribution in [3.8, 4) is 16.9 Å². The van der Waals surface area contributed by atoms with Crippen molar-refractivity contribution in [1.82, 2.24) is 10.3 Å². The van der Waals surface area contributed by atoms with Gasteiger partial charge in [0.05, 0.1) is 0 Å². The maximum atomic E-state index is 12.2. The first-order valence-corrected chi connectivity index (χ1v) is 8.72. The van der Waals surface area contributed by atoms with E-state index >= 15 is 0 Å². The molecule has 4 heteroatoms. The first-order chi connectivity index (χ1) is 12.7. The lowest BCUT2D eigenvalue weighted by Crippen LogP contribution is -2.37. The Labute approximate surface area is 153 Å². The predicted molar refractivity (Wildman–Crippen MR) is 103 cm³/mol. The number of benzene rings is 2. The second-order valence-electron chi connectivity index (χ2n) is 6.01. The van der Waals surface area contributed by atoms with E-state index < -0.39 is 6.10 Å². The molecule has 4 nitrogen and oxygen atoms in total. The molecule has 1 N–H and O–H groups in total. The van der Waals surface area contributed by atoms with E-state index in [9.17, 15) is 4.79 Å². The zero-order valence-electron chi connectivity index (χ0n) is 14.8. The summed E-state index contributed by atoms with van der Waals surface area (Å²) < 4.78 is 5.74. The Hall–Kier alpha value is -3.14. The lowest BCUT2D eigenvalue weighted by molar-refractivity contribution is -0.127. The van der Waals surface area contributed by atoms with E-state index in [1.807, 2.05) is 60.7 Å². The maximum Gasteiger partial charge on any atom is 0.260 e. The summed E-state index contributed by atoms with van der Waals surface area (Å²) in [5, 5.41) is 2.88. The molecule has 132 valence electrons. The van der Waals surface area contributed by atoms with Crippen LogP contribution in [0, 0.1) is 0 Å². The largest absolute Gasteiger partial charge is 0.481 e. The molecule has 3 aromatic rings. The maximum absolute atomic E-state index is 12.2. The van der Waals surface area contributed by atoms with Crippen LogP contribution in [-0.4, -0.2) is 23.5 Å². The third kappa shape index (κ3) is 4.93. The molecule has 0 aliphatic rings. The molecule has 1 atom stereocenters. The van der Waals surface area contributed by atoms with Crippen molar-refractivity contribution in [1.29, 1.82) is 0 Å². The molecular weight excluding hydrogens is 324 g/mol. The first-order valence-electron chi connectivity index (χ1n) is 8.72. The number of carbonyl (C=O) groups excluding carboxylic acids is 1. The van der Waals surface area contributed by atoms with Crippen LogP contribution >= 0.6 is 0 Å². The lowest BCUT2D eigenvalue weighted by atomic mass is 10.1. The van der Waals surface area contributed by atoms with Crippen LogP contribution in [0.25, 0.3) is 11.1 Å². The molecule has 0 saturated carbocycles. The van der Waals surface area contributed by atoms with Crippen molar-refractivity contribution in [3.05, 3.63) is 84.7 Å². The Balaban J connectivity index is 1.49. The quantitative estimate of drug-likeness (QED) is 0.706. The van der Waals surface area contributed by atoms with Crippen LogP contribution in [0.2, 0.25) is 0 Å². The number of carbonyl (C=O) groups is 1. The van der Waals surface area contributed by atoms with Gasteiger partial charge in [-0.2, -0.15) is 0 Å². The highest BCUT2D eigenvalue weighted by Gasteiger charge is 2.14. The average Bonchev–Trinajstić information content (AvgIpc) is 2.70. The molecular formula is C22H22N2O2. The van der Waals surface area contributed by atoms with Gasteiger partial charge in [-0.05, 0) is 42.3 Å². The Morgan fingerprint density at radius 1 is 0.962 bits per heavy atom. The minimum absolute atomic E-state index is 0.131. The summed E-state index contributed by atoms with van der Waals surface area (Å²) in [6.45, 7) is 2.29. The van der Waals surface area contributed by atoms with Crippen molar-refractivity contribution in [2.75, 3.05) is 6.54 Å². The van der Waals surface area contributed by atoms with Crippen LogP contribution in [-0.2, 0) is 11.2 Å². The average molecular weight is 346 g/mol. The van der Waals surface area contributed by atoms with Gasteiger partial charge in [-0.25, -0.2) is 0 Å². The number of amides is 1. The van der Waals surface area contributed by atoms with Crippen LogP contribution in [0.15, 0.2) is 79.0 Å². The second-order valence-corrected chi connectivity index (χ2v) is 6.01. The van der Waals surface area contributed by atoms with Gasteiger partial charge in [0.1, 0.15) is 5.75 Å². The number of aromatic nitrogens is 1. The Morgan fingerprint density at radius 3 is 2.35 bits per heavy atom. The van der Waals surface area contributed by atoms with Crippen molar-refractivity contribution >= 4 is 5.91 Å². The van der Waals surface area contributed by atoms with E-state index in [0.29, 0.717) is 18.7 Å². The summed E-state index contributed by atoms with van der Waals surface area (Å²) in [5.41, 5.74) is 3.22. The normalized spacial score (nSPS) is 11.6. The van der Waals surface area contributed by atoms with Crippen molar-refractivity contribution in [3.63, 3.8) is 0 Å². The Kier molecular flexibility index (Phi) is 5.99. The van der Waals surface area contributed by atoms with E-state index in [1.165, 1.54) is 0 Å². The van der Waals surface area contributed by atoms with E-state index in [4.69, 9.17) is 4.74 Å². The zero-order valence-corrected chi connectivity index (χ0v) is 14.8. The summed E-state index contributed by atoms with van der Waals surface area (Å²) >= 11 is 0. The second kappa shape index (κ2) is 8.81. The highest BCUT2D eigenvalue weighted by Crippen LogP contribution is 2.22. The van der Waals surface area contributed by atoms with Crippen LogP contribution < -0.4 is 10.1 Å². The molecule has 26 heavy (non-hydrogen) atoms. The zero-order chi connectivity index (χ0) is 18.2. The van der Waals surface area contributed by atoms with Gasteiger partial charge in [-0.1, -0.05) is 48.5 Å². The summed E-state index contributed by atoms with van der Waals surface area (Å²) in [4.78, 5) is 16.4. The van der Waals surface area contributed by atoms with Gasteiger partial charge in [-0.15, -0.1) is 0 Å². The van der Waals surface area contributed by atoms with Crippen LogP contribution in [0.3, 0.4) is 0 Å². The first kappa shape index (κ1) is 17.7. The highest BCUT2D eigenvalue weighted by atomic mass is 16.5. The minimum Gasteiger partial charge on any atom is -0.481 e. The van der Waals surface area contributed by atoms with Gasteiger partial charge < -0.3 is 10.1 Å². The number of pyridine rings is 1. The van der Waals surface area contributed by atoms with Gasteiger partial charge in [0.2, 0.25) is 0 Å². The van der Waals surface area contributed by atoms with Crippen molar-refractivity contribution in [2.45, 2.75) is 19.4 Å². The van der Waals surface area contributed by atoms with Gasteiger partial charge >= 0.3 is 0 Å². The monoisotopic (exact) mass is 346 g/mol. The molecule has 0 aliphatic heterocycles. The molecule has 1 heterocycles. The fourth-order valence-corrected chi connectivity index (χ4v) is 2.62. The number of hydrogen-bond donors (Lipinski definition) is 1. The topological polar surface area (TPSA) is 51.2 Å². The summed E-state index contributed by atoms with van der Waals surface area (Å²) in [6, 6.07) is 23.7. The summed E-state index contributed by atoms with van der Waals surface area (Å²) in [5.74, 6) is 0.546. The molecule has 2 aromatic carbocycles. The molecule has 0 saturated heterocycles. The van der Waals surface area contributed by atoms with E-state index in [0.717, 1.165) is 16.8 Å². The van der Waals surface area contributed by atoms with Crippen LogP contribution in [0.5, 0.6) is 5.75 Å². The van der Waals surface area contributed by atoms with Crippen molar-refractivity contribution in [2.24, 2.45) is 0 Å². The van der Waals surface area contributed by atoms with E-state index in [-0.39, 0.29) is 5.91 Å². The molecule has 0 fully saturated rings. The predicted octanol–water partition coefficient (Wildman–Crippen LogP) is 3.87. The fraction of sp³-hybridized carbons (Fsp3) is 0.182. The van der Waals surface area contributed by atoms with Gasteiger partial charge in [0, 0.05) is 24.9 Å². The molecule has 0 aliphatic carbocycles. The third-order valence-corrected chi connectivity index (χ3v) is 4.05. The van der Waals surface area contributed by atoms with Crippen LogP contribution in [0.1, 0.15) is 12.6 Å². The molecule has 0 radical (unpaired) electrons. The Bertz CT molecular complexity index is 818. The SMILES string of the molecule is CC(Oc1ccc(-c2ccccc2)cc1)C(=O)NCCc1ccccn1. The number of nitrogens with one attached hydrogen (secondary N) is 1. The number of ether oxygens (including phenoxy) is 1. The number of rotatable bonds is 7. The standard InChI is InChI=1S/C22H22N2O2/c1-17(22(25)24-16-14-20-9-5-6-15-23-20)26-21-12-10-19(11-13-21)18-7-3-2-4-8-18/h2-13,15,17H,14,16H2,1H3,(H,24,25). The highest BCUT2D eigenvalue weighted by molar-refractivity contribution is 5.80. The summed E-state index contributed by atoms with van der Waals surface area (Å²) in [6.07, 6.45) is 1.90. The molecule has 0 bridgehead atoms. The fourth-order valence-electron chi connectivity index (χ4n) is 2.62. The number of hydrogen-bond acceptors (Lipinski definition) is 3. The summed E-state index contributed by atoms with van der Waals surface area (Å²) in [7, 11) is 0. The van der Waals surface area contributed by atoms with Gasteiger partial charge in [-0.3, -0.25) is 9.78 Å². The molecule has 1 amide bonds. The Morgan fingerprint density at radius 2 is 1.65 bits per heavy atom. The van der Waals surface area contributed by atoms with Gasteiger partial charge in [0.15, 0.2) is 6.10 Å². The van der Waals surface area contributed by atoms with Crippen LogP contribution in [0.4, 0.5) is 0 Å². The minimum atomic E-state index is -0.554. The smallest absolute Gasteiger partial charge is 0.260 e. The van der Waals surface area contributed by atoms with E-state index in [1.54, 1.807) is 13.1 Å². The van der Waals surface area contributed by atoms with Crippen molar-refractivity contribution < 1.29 is 9.53 Å². The molecule has 3 rings (SSSR count). The third-order valence-electron chi connectivity index (χ3n) is 4.05.